The Hall–Kier alpha value is -1.02. The van der Waals surface area contributed by atoms with Crippen molar-refractivity contribution in [3.8, 4) is 5.75 Å². The number of rotatable bonds is 1. The fraction of sp³-hybridized carbons (Fsp3) is 0.333. The Balaban J connectivity index is 2.35. The molecule has 1 atom stereocenters. The van der Waals surface area contributed by atoms with E-state index in [9.17, 15) is 0 Å². The van der Waals surface area contributed by atoms with Crippen LogP contribution in [0.5, 0.6) is 5.75 Å². The minimum atomic E-state index is 0.373. The largest absolute Gasteiger partial charge is 0.508 e. The fourth-order valence-electron chi connectivity index (χ4n) is 1.57. The highest BCUT2D eigenvalue weighted by molar-refractivity contribution is 5.43. The Morgan fingerprint density at radius 3 is 3.00 bits per heavy atom. The zero-order valence-electron chi connectivity index (χ0n) is 6.46. The Kier molecular flexibility index (Phi) is 1.36. The summed E-state index contributed by atoms with van der Waals surface area (Å²) in [7, 11) is 1.96. The van der Waals surface area contributed by atoms with Crippen molar-refractivity contribution in [2.75, 3.05) is 7.05 Å². The van der Waals surface area contributed by atoms with Gasteiger partial charge in [-0.3, -0.25) is 0 Å². The van der Waals surface area contributed by atoms with E-state index in [1.807, 2.05) is 19.2 Å². The van der Waals surface area contributed by atoms with Crippen LogP contribution in [-0.4, -0.2) is 12.2 Å². The molecule has 0 aliphatic heterocycles. The molecule has 0 radical (unpaired) electrons. The molecule has 1 aromatic rings. The second kappa shape index (κ2) is 2.24. The van der Waals surface area contributed by atoms with Crippen LogP contribution in [-0.2, 0) is 6.42 Å². The fourth-order valence-corrected chi connectivity index (χ4v) is 1.57. The molecule has 0 saturated heterocycles. The van der Waals surface area contributed by atoms with Crippen molar-refractivity contribution in [1.82, 2.24) is 5.32 Å². The summed E-state index contributed by atoms with van der Waals surface area (Å²) in [6.45, 7) is 0. The molecule has 2 N–H and O–H groups in total. The van der Waals surface area contributed by atoms with Crippen LogP contribution in [0.15, 0.2) is 18.2 Å². The van der Waals surface area contributed by atoms with Gasteiger partial charge in [-0.1, -0.05) is 6.07 Å². The molecule has 1 aliphatic rings. The lowest BCUT2D eigenvalue weighted by atomic mass is 9.83. The molecular weight excluding hydrogens is 138 g/mol. The molecule has 58 valence electrons. The van der Waals surface area contributed by atoms with E-state index < -0.39 is 0 Å². The summed E-state index contributed by atoms with van der Waals surface area (Å²) in [6.07, 6.45) is 1.04. The average molecular weight is 149 g/mol. The normalized spacial score (nSPS) is 20.6. The average Bonchev–Trinajstić information content (AvgIpc) is 1.95. The van der Waals surface area contributed by atoms with Gasteiger partial charge < -0.3 is 10.4 Å². The standard InChI is InChI=1S/C9H11NO/c1-10-9-5-6-4-7(11)2-3-8(6)9/h2-4,9-11H,5H2,1H3. The lowest BCUT2D eigenvalue weighted by Gasteiger charge is -2.29. The molecule has 1 unspecified atom stereocenters. The third-order valence-electron chi connectivity index (χ3n) is 2.27. The van der Waals surface area contributed by atoms with E-state index in [1.165, 1.54) is 11.1 Å². The van der Waals surface area contributed by atoms with Crippen molar-refractivity contribution < 1.29 is 5.11 Å². The van der Waals surface area contributed by atoms with E-state index in [4.69, 9.17) is 5.11 Å². The van der Waals surface area contributed by atoms with Gasteiger partial charge in [0, 0.05) is 6.04 Å². The van der Waals surface area contributed by atoms with Crippen molar-refractivity contribution >= 4 is 0 Å². The number of likely N-dealkylation sites (N-methyl/N-ethyl adjacent to an activating group) is 1. The van der Waals surface area contributed by atoms with Crippen LogP contribution in [0.1, 0.15) is 17.2 Å². The first kappa shape index (κ1) is 6.68. The zero-order valence-corrected chi connectivity index (χ0v) is 6.46. The lowest BCUT2D eigenvalue weighted by Crippen LogP contribution is -2.27. The maximum absolute atomic E-state index is 9.11. The van der Waals surface area contributed by atoms with E-state index in [0.717, 1.165) is 6.42 Å². The van der Waals surface area contributed by atoms with Gasteiger partial charge in [-0.05, 0) is 36.7 Å². The van der Waals surface area contributed by atoms with Crippen molar-refractivity contribution in [3.63, 3.8) is 0 Å². The van der Waals surface area contributed by atoms with Crippen molar-refractivity contribution in [2.45, 2.75) is 12.5 Å². The van der Waals surface area contributed by atoms with Gasteiger partial charge in [-0.25, -0.2) is 0 Å². The molecule has 0 saturated carbocycles. The molecule has 2 rings (SSSR count). The van der Waals surface area contributed by atoms with Crippen LogP contribution in [0.3, 0.4) is 0 Å². The van der Waals surface area contributed by atoms with Gasteiger partial charge in [-0.15, -0.1) is 0 Å². The van der Waals surface area contributed by atoms with Gasteiger partial charge in [0.25, 0.3) is 0 Å². The second-order valence-electron chi connectivity index (χ2n) is 2.93. The Morgan fingerprint density at radius 1 is 1.55 bits per heavy atom. The number of hydrogen-bond donors (Lipinski definition) is 2. The number of phenolic OH excluding ortho intramolecular Hbond substituents is 1. The summed E-state index contributed by atoms with van der Waals surface area (Å²) >= 11 is 0. The Labute approximate surface area is 65.9 Å². The number of phenols is 1. The third kappa shape index (κ3) is 0.906. The van der Waals surface area contributed by atoms with Crippen LogP contribution < -0.4 is 5.32 Å². The summed E-state index contributed by atoms with van der Waals surface area (Å²) in [5, 5.41) is 12.3. The summed E-state index contributed by atoms with van der Waals surface area (Å²) in [6, 6.07) is 6.06. The number of benzene rings is 1. The molecule has 0 aromatic heterocycles. The van der Waals surface area contributed by atoms with Crippen molar-refractivity contribution in [3.05, 3.63) is 29.3 Å². The van der Waals surface area contributed by atoms with Crippen LogP contribution in [0.25, 0.3) is 0 Å². The first-order chi connectivity index (χ1) is 5.31. The van der Waals surface area contributed by atoms with Gasteiger partial charge in [0.15, 0.2) is 0 Å². The van der Waals surface area contributed by atoms with E-state index in [1.54, 1.807) is 6.07 Å². The van der Waals surface area contributed by atoms with Crippen LogP contribution in [0.2, 0.25) is 0 Å². The zero-order chi connectivity index (χ0) is 7.84. The monoisotopic (exact) mass is 149 g/mol. The predicted octanol–water partition coefficient (Wildman–Crippen LogP) is 1.21. The van der Waals surface area contributed by atoms with E-state index in [2.05, 4.69) is 5.32 Å². The highest BCUT2D eigenvalue weighted by Crippen LogP contribution is 2.34. The molecule has 0 amide bonds. The molecule has 11 heavy (non-hydrogen) atoms. The van der Waals surface area contributed by atoms with E-state index in [0.29, 0.717) is 11.8 Å². The van der Waals surface area contributed by atoms with Crippen molar-refractivity contribution in [2.24, 2.45) is 0 Å². The van der Waals surface area contributed by atoms with Crippen molar-refractivity contribution in [1.29, 1.82) is 0 Å². The van der Waals surface area contributed by atoms with Gasteiger partial charge >= 0.3 is 0 Å². The molecule has 2 nitrogen and oxygen atoms in total. The molecule has 1 aromatic carbocycles. The summed E-state index contributed by atoms with van der Waals surface area (Å²) in [4.78, 5) is 0. The smallest absolute Gasteiger partial charge is 0.115 e. The van der Waals surface area contributed by atoms with Gasteiger partial charge in [-0.2, -0.15) is 0 Å². The molecule has 0 heterocycles. The van der Waals surface area contributed by atoms with Crippen LogP contribution in [0, 0.1) is 0 Å². The minimum absolute atomic E-state index is 0.373. The molecule has 0 fully saturated rings. The Morgan fingerprint density at radius 2 is 2.36 bits per heavy atom. The van der Waals surface area contributed by atoms with Crippen LogP contribution in [0.4, 0.5) is 0 Å². The maximum atomic E-state index is 9.11. The SMILES string of the molecule is CNC1Cc2cc(O)ccc21. The molecule has 0 spiro atoms. The number of nitrogens with one attached hydrogen (secondary N) is 1. The van der Waals surface area contributed by atoms with Crippen LogP contribution >= 0.6 is 0 Å². The first-order valence-corrected chi connectivity index (χ1v) is 3.80. The molecule has 1 aliphatic carbocycles. The lowest BCUT2D eigenvalue weighted by molar-refractivity contribution is 0.466. The molecule has 2 heteroatoms. The number of aromatic hydroxyl groups is 1. The van der Waals surface area contributed by atoms with Gasteiger partial charge in [0.2, 0.25) is 0 Å². The maximum Gasteiger partial charge on any atom is 0.115 e. The quantitative estimate of drug-likeness (QED) is 0.629. The minimum Gasteiger partial charge on any atom is -0.508 e. The Bertz CT molecular complexity index is 283. The number of hydrogen-bond acceptors (Lipinski definition) is 2. The summed E-state index contributed by atoms with van der Waals surface area (Å²) in [5.74, 6) is 0.373. The second-order valence-corrected chi connectivity index (χ2v) is 2.93. The highest BCUT2D eigenvalue weighted by atomic mass is 16.3. The predicted molar refractivity (Wildman–Crippen MR) is 43.6 cm³/mol. The highest BCUT2D eigenvalue weighted by Gasteiger charge is 2.23. The van der Waals surface area contributed by atoms with E-state index >= 15 is 0 Å². The van der Waals surface area contributed by atoms with E-state index in [-0.39, 0.29) is 0 Å². The topological polar surface area (TPSA) is 32.3 Å². The first-order valence-electron chi connectivity index (χ1n) is 3.80. The summed E-state index contributed by atoms with van der Waals surface area (Å²) < 4.78 is 0. The molecular formula is C9H11NO. The van der Waals surface area contributed by atoms with Gasteiger partial charge in [0.05, 0.1) is 0 Å². The van der Waals surface area contributed by atoms with Gasteiger partial charge in [0.1, 0.15) is 5.75 Å². The third-order valence-corrected chi connectivity index (χ3v) is 2.27. The summed E-state index contributed by atoms with van der Waals surface area (Å²) in [5.41, 5.74) is 2.59. The molecule has 0 bridgehead atoms. The number of fused-ring (bicyclic) bond motifs is 1.